The zero-order chi connectivity index (χ0) is 22.8. The van der Waals surface area contributed by atoms with Crippen molar-refractivity contribution in [3.63, 3.8) is 0 Å². The second-order valence-electron chi connectivity index (χ2n) is 6.78. The van der Waals surface area contributed by atoms with Gasteiger partial charge in [-0.1, -0.05) is 11.8 Å². The van der Waals surface area contributed by atoms with Crippen molar-refractivity contribution in [2.45, 2.75) is 18.5 Å². The van der Waals surface area contributed by atoms with Crippen LogP contribution < -0.4 is 14.8 Å². The lowest BCUT2D eigenvalue weighted by Crippen LogP contribution is -2.26. The van der Waals surface area contributed by atoms with Crippen LogP contribution in [0.3, 0.4) is 0 Å². The molecule has 0 aliphatic carbocycles. The van der Waals surface area contributed by atoms with Crippen molar-refractivity contribution in [1.29, 1.82) is 0 Å². The number of carbonyl (C=O) groups is 1. The Bertz CT molecular complexity index is 990. The van der Waals surface area contributed by atoms with Gasteiger partial charge >= 0.3 is 0 Å². The molecule has 0 spiro atoms. The predicted molar refractivity (Wildman–Crippen MR) is 125 cm³/mol. The largest absolute Gasteiger partial charge is 0.497 e. The summed E-state index contributed by atoms with van der Waals surface area (Å²) in [7, 11) is 3.28. The van der Waals surface area contributed by atoms with E-state index in [0.717, 1.165) is 29.2 Å². The number of methoxy groups -OCH3 is 2. The van der Waals surface area contributed by atoms with Crippen molar-refractivity contribution in [3.05, 3.63) is 48.5 Å². The number of hydrogen-bond donors (Lipinski definition) is 1. The summed E-state index contributed by atoms with van der Waals surface area (Å²) in [5.41, 5.74) is 1.77. The maximum atomic E-state index is 12.2. The summed E-state index contributed by atoms with van der Waals surface area (Å²) in [6.07, 6.45) is 0.775. The van der Waals surface area contributed by atoms with Crippen LogP contribution in [-0.4, -0.2) is 60.4 Å². The van der Waals surface area contributed by atoms with Crippen molar-refractivity contribution in [2.24, 2.45) is 0 Å². The molecule has 0 unspecified atom stereocenters. The van der Waals surface area contributed by atoms with Crippen LogP contribution in [-0.2, 0) is 9.53 Å². The third kappa shape index (κ3) is 6.24. The summed E-state index contributed by atoms with van der Waals surface area (Å²) in [4.78, 5) is 12.2. The van der Waals surface area contributed by atoms with E-state index in [2.05, 4.69) is 15.5 Å². The highest BCUT2D eigenvalue weighted by molar-refractivity contribution is 7.99. The van der Waals surface area contributed by atoms with Gasteiger partial charge in [0.1, 0.15) is 11.5 Å². The van der Waals surface area contributed by atoms with Crippen molar-refractivity contribution < 1.29 is 19.0 Å². The van der Waals surface area contributed by atoms with Gasteiger partial charge in [-0.15, -0.1) is 10.2 Å². The molecule has 8 nitrogen and oxygen atoms in total. The Morgan fingerprint density at radius 1 is 1.03 bits per heavy atom. The molecular formula is C23H28N4O4S. The fourth-order valence-electron chi connectivity index (χ4n) is 3.01. The molecule has 2 aromatic carbocycles. The lowest BCUT2D eigenvalue weighted by atomic mass is 10.2. The van der Waals surface area contributed by atoms with Crippen molar-refractivity contribution in [2.75, 3.05) is 39.7 Å². The lowest BCUT2D eigenvalue weighted by Gasteiger charge is -2.12. The van der Waals surface area contributed by atoms with Crippen molar-refractivity contribution in [3.8, 4) is 28.6 Å². The van der Waals surface area contributed by atoms with Crippen LogP contribution in [0.2, 0.25) is 0 Å². The monoisotopic (exact) mass is 456 g/mol. The summed E-state index contributed by atoms with van der Waals surface area (Å²) in [5, 5.41) is 12.3. The second-order valence-corrected chi connectivity index (χ2v) is 7.72. The average Bonchev–Trinajstić information content (AvgIpc) is 3.25. The quantitative estimate of drug-likeness (QED) is 0.329. The zero-order valence-electron chi connectivity index (χ0n) is 18.5. The highest BCUT2D eigenvalue weighted by Crippen LogP contribution is 2.29. The summed E-state index contributed by atoms with van der Waals surface area (Å²) in [6, 6.07) is 15.4. The van der Waals surface area contributed by atoms with E-state index in [1.54, 1.807) is 14.2 Å². The number of carbonyl (C=O) groups excluding carboxylic acids is 1. The summed E-state index contributed by atoms with van der Waals surface area (Å²) in [6.45, 7) is 3.74. The predicted octanol–water partition coefficient (Wildman–Crippen LogP) is 3.59. The Morgan fingerprint density at radius 3 is 2.41 bits per heavy atom. The maximum absolute atomic E-state index is 12.2. The molecule has 3 aromatic rings. The molecule has 170 valence electrons. The van der Waals surface area contributed by atoms with Crippen LogP contribution in [0.25, 0.3) is 17.1 Å². The van der Waals surface area contributed by atoms with Crippen LogP contribution in [0.1, 0.15) is 13.3 Å². The number of thioether (sulfide) groups is 1. The fourth-order valence-corrected chi connectivity index (χ4v) is 3.79. The van der Waals surface area contributed by atoms with Crippen molar-refractivity contribution in [1.82, 2.24) is 20.1 Å². The third-order valence-electron chi connectivity index (χ3n) is 4.57. The summed E-state index contributed by atoms with van der Waals surface area (Å²) >= 11 is 1.34. The number of benzene rings is 2. The minimum absolute atomic E-state index is 0.0571. The average molecular weight is 457 g/mol. The Hall–Kier alpha value is -3.04. The van der Waals surface area contributed by atoms with Gasteiger partial charge in [-0.2, -0.15) is 0 Å². The van der Waals surface area contributed by atoms with Gasteiger partial charge in [0.25, 0.3) is 0 Å². The molecule has 0 radical (unpaired) electrons. The van der Waals surface area contributed by atoms with Crippen LogP contribution in [0, 0.1) is 0 Å². The summed E-state index contributed by atoms with van der Waals surface area (Å²) < 4.78 is 17.8. The minimum atomic E-state index is -0.0571. The number of aromatic nitrogens is 3. The first-order chi connectivity index (χ1) is 15.7. The Morgan fingerprint density at radius 2 is 1.75 bits per heavy atom. The number of ether oxygens (including phenoxy) is 3. The van der Waals surface area contributed by atoms with Gasteiger partial charge in [-0.05, 0) is 61.9 Å². The summed E-state index contributed by atoms with van der Waals surface area (Å²) in [5.74, 6) is 2.42. The highest BCUT2D eigenvalue weighted by atomic mass is 32.2. The lowest BCUT2D eigenvalue weighted by molar-refractivity contribution is -0.118. The maximum Gasteiger partial charge on any atom is 0.230 e. The van der Waals surface area contributed by atoms with Crippen LogP contribution >= 0.6 is 11.8 Å². The molecule has 0 saturated carbocycles. The van der Waals surface area contributed by atoms with E-state index in [0.29, 0.717) is 30.7 Å². The molecule has 0 aliphatic rings. The van der Waals surface area contributed by atoms with E-state index in [1.165, 1.54) is 11.8 Å². The van der Waals surface area contributed by atoms with Gasteiger partial charge in [-0.25, -0.2) is 0 Å². The normalized spacial score (nSPS) is 10.7. The smallest absolute Gasteiger partial charge is 0.230 e. The first-order valence-electron chi connectivity index (χ1n) is 10.4. The molecule has 0 bridgehead atoms. The molecule has 1 amide bonds. The van der Waals surface area contributed by atoms with E-state index < -0.39 is 0 Å². The molecule has 1 aromatic heterocycles. The molecule has 0 saturated heterocycles. The van der Waals surface area contributed by atoms with Gasteiger partial charge in [0, 0.05) is 31.5 Å². The fraction of sp³-hybridized carbons (Fsp3) is 0.348. The van der Waals surface area contributed by atoms with E-state index in [-0.39, 0.29) is 11.7 Å². The Balaban J connectivity index is 1.84. The first-order valence-corrected chi connectivity index (χ1v) is 11.4. The molecule has 0 atom stereocenters. The molecular weight excluding hydrogens is 428 g/mol. The first kappa shape index (κ1) is 23.6. The van der Waals surface area contributed by atoms with E-state index >= 15 is 0 Å². The minimum Gasteiger partial charge on any atom is -0.497 e. The standard InChI is InChI=1S/C23H28N4O4S/c1-4-31-20-12-8-18(9-13-20)27-22(17-6-10-19(30-3)11-7-17)25-26-23(27)32-16-21(28)24-14-5-15-29-2/h6-13H,4-5,14-16H2,1-3H3,(H,24,28). The molecule has 0 aliphatic heterocycles. The van der Waals surface area contributed by atoms with Gasteiger partial charge in [0.15, 0.2) is 11.0 Å². The van der Waals surface area contributed by atoms with Crippen molar-refractivity contribution >= 4 is 17.7 Å². The van der Waals surface area contributed by atoms with Crippen LogP contribution in [0.4, 0.5) is 0 Å². The Kier molecular flexibility index (Phi) is 8.94. The molecule has 32 heavy (non-hydrogen) atoms. The van der Waals surface area contributed by atoms with Gasteiger partial charge < -0.3 is 19.5 Å². The highest BCUT2D eigenvalue weighted by Gasteiger charge is 2.17. The van der Waals surface area contributed by atoms with Gasteiger partial charge in [0.05, 0.1) is 19.5 Å². The van der Waals surface area contributed by atoms with Crippen LogP contribution in [0.15, 0.2) is 53.7 Å². The third-order valence-corrected chi connectivity index (χ3v) is 5.50. The van der Waals surface area contributed by atoms with Gasteiger partial charge in [-0.3, -0.25) is 9.36 Å². The second kappa shape index (κ2) is 12.1. The SMILES string of the molecule is CCOc1ccc(-n2c(SCC(=O)NCCCOC)nnc2-c2ccc(OC)cc2)cc1. The molecule has 0 fully saturated rings. The topological polar surface area (TPSA) is 87.5 Å². The number of nitrogens with one attached hydrogen (secondary N) is 1. The molecule has 1 heterocycles. The van der Waals surface area contributed by atoms with Gasteiger partial charge in [0.2, 0.25) is 5.91 Å². The molecule has 9 heteroatoms. The number of hydrogen-bond acceptors (Lipinski definition) is 7. The zero-order valence-corrected chi connectivity index (χ0v) is 19.4. The van der Waals surface area contributed by atoms with Crippen LogP contribution in [0.5, 0.6) is 11.5 Å². The van der Waals surface area contributed by atoms with E-state index in [4.69, 9.17) is 14.2 Å². The molecule has 3 rings (SSSR count). The Labute approximate surface area is 192 Å². The number of nitrogens with zero attached hydrogens (tertiary/aromatic N) is 3. The van der Waals surface area contributed by atoms with E-state index in [1.807, 2.05) is 60.0 Å². The number of rotatable bonds is 12. The number of amides is 1. The molecule has 1 N–H and O–H groups in total. The van der Waals surface area contributed by atoms with E-state index in [9.17, 15) is 4.79 Å².